The molecule has 0 aromatic rings. The molecule has 0 aliphatic rings. The van der Waals surface area contributed by atoms with Crippen LogP contribution in [0.4, 0.5) is 0 Å². The quantitative estimate of drug-likeness (QED) is 0.658. The number of halogens is 1. The third-order valence-corrected chi connectivity index (χ3v) is 2.22. The Bertz CT molecular complexity index is 128. The van der Waals surface area contributed by atoms with E-state index in [1.165, 1.54) is 0 Å². The molecule has 0 fully saturated rings. The van der Waals surface area contributed by atoms with Gasteiger partial charge in [-0.15, -0.1) is 11.6 Å². The van der Waals surface area contributed by atoms with Crippen molar-refractivity contribution >= 4 is 17.6 Å². The van der Waals surface area contributed by atoms with Gasteiger partial charge in [0.2, 0.25) is 0 Å². The van der Waals surface area contributed by atoms with Crippen LogP contribution in [0.3, 0.4) is 0 Å². The van der Waals surface area contributed by atoms with Gasteiger partial charge in [0.05, 0.1) is 0 Å². The summed E-state index contributed by atoms with van der Waals surface area (Å²) in [6.07, 6.45) is 2.74. The van der Waals surface area contributed by atoms with Crippen molar-refractivity contribution in [2.75, 3.05) is 0 Å². The van der Waals surface area contributed by atoms with Gasteiger partial charge in [-0.2, -0.15) is 0 Å². The van der Waals surface area contributed by atoms with E-state index in [4.69, 9.17) is 16.7 Å². The maximum absolute atomic E-state index is 10.7. The van der Waals surface area contributed by atoms with Crippen LogP contribution in [-0.4, -0.2) is 16.0 Å². The molecule has 0 atom stereocenters. The number of hydrogen-bond acceptors (Lipinski definition) is 1. The Balaban J connectivity index is 4.13. The maximum atomic E-state index is 10.7. The van der Waals surface area contributed by atoms with Crippen molar-refractivity contribution in [1.29, 1.82) is 0 Å². The van der Waals surface area contributed by atoms with Gasteiger partial charge in [-0.25, -0.2) is 0 Å². The summed E-state index contributed by atoms with van der Waals surface area (Å²) in [6.45, 7) is 3.88. The Kier molecular flexibility index (Phi) is 4.50. The van der Waals surface area contributed by atoms with Crippen molar-refractivity contribution in [3.63, 3.8) is 0 Å². The molecule has 0 radical (unpaired) electrons. The summed E-state index contributed by atoms with van der Waals surface area (Å²) < 4.78 is 0. The van der Waals surface area contributed by atoms with Gasteiger partial charge in [0.1, 0.15) is 4.87 Å². The molecular weight excluding hydrogens is 164 g/mol. The van der Waals surface area contributed by atoms with Crippen LogP contribution in [-0.2, 0) is 4.79 Å². The van der Waals surface area contributed by atoms with Gasteiger partial charge < -0.3 is 5.11 Å². The highest BCUT2D eigenvalue weighted by Gasteiger charge is 2.33. The summed E-state index contributed by atoms with van der Waals surface area (Å²) in [4.78, 5) is 9.66. The summed E-state index contributed by atoms with van der Waals surface area (Å²) in [5.74, 6) is -0.886. The second kappa shape index (κ2) is 4.60. The third-order valence-electron chi connectivity index (χ3n) is 1.68. The summed E-state index contributed by atoms with van der Waals surface area (Å²) in [5.41, 5.74) is 0. The molecule has 1 N–H and O–H groups in total. The van der Waals surface area contributed by atoms with Crippen molar-refractivity contribution in [2.45, 2.75) is 44.4 Å². The lowest BCUT2D eigenvalue weighted by Gasteiger charge is -2.20. The van der Waals surface area contributed by atoms with Gasteiger partial charge in [0.25, 0.3) is 0 Å². The van der Waals surface area contributed by atoms with E-state index < -0.39 is 10.8 Å². The second-order valence-electron chi connectivity index (χ2n) is 2.77. The molecule has 0 aromatic carbocycles. The number of carbonyl (C=O) groups is 1. The summed E-state index contributed by atoms with van der Waals surface area (Å²) in [7, 11) is 0. The summed E-state index contributed by atoms with van der Waals surface area (Å²) in [6, 6.07) is 0. The molecule has 0 bridgehead atoms. The highest BCUT2D eigenvalue weighted by molar-refractivity contribution is 6.33. The molecule has 0 saturated heterocycles. The minimum Gasteiger partial charge on any atom is -0.480 e. The van der Waals surface area contributed by atoms with E-state index in [-0.39, 0.29) is 0 Å². The molecule has 0 saturated carbocycles. The molecule has 0 amide bonds. The number of hydrogen-bond donors (Lipinski definition) is 1. The Morgan fingerprint density at radius 2 is 1.73 bits per heavy atom. The van der Waals surface area contributed by atoms with E-state index in [9.17, 15) is 4.79 Å². The molecule has 11 heavy (non-hydrogen) atoms. The summed E-state index contributed by atoms with van der Waals surface area (Å²) in [5, 5.41) is 8.76. The zero-order valence-electron chi connectivity index (χ0n) is 7.06. The first-order valence-corrected chi connectivity index (χ1v) is 4.37. The van der Waals surface area contributed by atoms with Gasteiger partial charge in [-0.3, -0.25) is 4.79 Å². The Morgan fingerprint density at radius 1 is 1.36 bits per heavy atom. The minimum atomic E-state index is -1.01. The molecule has 0 rings (SSSR count). The van der Waals surface area contributed by atoms with E-state index >= 15 is 0 Å². The van der Waals surface area contributed by atoms with E-state index in [2.05, 4.69) is 0 Å². The highest BCUT2D eigenvalue weighted by Crippen LogP contribution is 2.27. The fraction of sp³-hybridized carbons (Fsp3) is 0.875. The first-order chi connectivity index (χ1) is 5.06. The molecule has 0 heterocycles. The number of carboxylic acids is 1. The monoisotopic (exact) mass is 178 g/mol. The average Bonchev–Trinajstić information content (AvgIpc) is 1.88. The zero-order valence-corrected chi connectivity index (χ0v) is 7.82. The van der Waals surface area contributed by atoms with Crippen LogP contribution in [0.2, 0.25) is 0 Å². The first kappa shape index (κ1) is 10.8. The van der Waals surface area contributed by atoms with Crippen molar-refractivity contribution in [3.8, 4) is 0 Å². The van der Waals surface area contributed by atoms with E-state index in [1.807, 2.05) is 13.8 Å². The Labute approximate surface area is 72.6 Å². The maximum Gasteiger partial charge on any atom is 0.324 e. The standard InChI is InChI=1S/C8H15ClO2/c1-3-5-8(9,6-4-2)7(10)11/h3-6H2,1-2H3,(H,10,11). The van der Waals surface area contributed by atoms with Crippen molar-refractivity contribution in [2.24, 2.45) is 0 Å². The van der Waals surface area contributed by atoms with Crippen molar-refractivity contribution in [3.05, 3.63) is 0 Å². The smallest absolute Gasteiger partial charge is 0.324 e. The van der Waals surface area contributed by atoms with Gasteiger partial charge in [0, 0.05) is 0 Å². The van der Waals surface area contributed by atoms with Crippen LogP contribution in [0.1, 0.15) is 39.5 Å². The van der Waals surface area contributed by atoms with Crippen LogP contribution < -0.4 is 0 Å². The van der Waals surface area contributed by atoms with Crippen LogP contribution in [0.15, 0.2) is 0 Å². The third kappa shape index (κ3) is 3.10. The number of alkyl halides is 1. The molecule has 3 heteroatoms. The molecular formula is C8H15ClO2. The molecule has 0 unspecified atom stereocenters. The van der Waals surface area contributed by atoms with Crippen LogP contribution in [0, 0.1) is 0 Å². The predicted octanol–water partition coefficient (Wildman–Crippen LogP) is 2.65. The van der Waals surface area contributed by atoms with E-state index in [0.29, 0.717) is 12.8 Å². The summed E-state index contributed by atoms with van der Waals surface area (Å²) >= 11 is 5.87. The SMILES string of the molecule is CCCC(Cl)(CCC)C(=O)O. The fourth-order valence-electron chi connectivity index (χ4n) is 1.13. The van der Waals surface area contributed by atoms with Crippen LogP contribution in [0.5, 0.6) is 0 Å². The lowest BCUT2D eigenvalue weighted by atomic mass is 9.98. The first-order valence-electron chi connectivity index (χ1n) is 3.99. The lowest BCUT2D eigenvalue weighted by Crippen LogP contribution is -2.31. The van der Waals surface area contributed by atoms with Crippen molar-refractivity contribution < 1.29 is 9.90 Å². The number of carboxylic acid groups (broad SMARTS) is 1. The molecule has 0 aliphatic carbocycles. The van der Waals surface area contributed by atoms with Gasteiger partial charge in [-0.1, -0.05) is 26.7 Å². The lowest BCUT2D eigenvalue weighted by molar-refractivity contribution is -0.140. The average molecular weight is 179 g/mol. The minimum absolute atomic E-state index is 0.553. The largest absolute Gasteiger partial charge is 0.480 e. The molecule has 0 aromatic heterocycles. The molecule has 0 spiro atoms. The van der Waals surface area contributed by atoms with E-state index in [0.717, 1.165) is 12.8 Å². The topological polar surface area (TPSA) is 37.3 Å². The van der Waals surface area contributed by atoms with Gasteiger partial charge >= 0.3 is 5.97 Å². The Hall–Kier alpha value is -0.240. The van der Waals surface area contributed by atoms with Crippen LogP contribution in [0.25, 0.3) is 0 Å². The fourth-order valence-corrected chi connectivity index (χ4v) is 1.51. The number of rotatable bonds is 5. The van der Waals surface area contributed by atoms with Gasteiger partial charge in [-0.05, 0) is 12.8 Å². The van der Waals surface area contributed by atoms with Crippen LogP contribution >= 0.6 is 11.6 Å². The molecule has 2 nitrogen and oxygen atoms in total. The van der Waals surface area contributed by atoms with E-state index in [1.54, 1.807) is 0 Å². The molecule has 66 valence electrons. The normalized spacial score (nSPS) is 11.5. The van der Waals surface area contributed by atoms with Gasteiger partial charge in [0.15, 0.2) is 0 Å². The zero-order chi connectivity index (χ0) is 8.91. The van der Waals surface area contributed by atoms with Crippen molar-refractivity contribution in [1.82, 2.24) is 0 Å². The molecule has 0 aliphatic heterocycles. The Morgan fingerprint density at radius 3 is 1.91 bits per heavy atom. The predicted molar refractivity (Wildman–Crippen MR) is 46.0 cm³/mol. The highest BCUT2D eigenvalue weighted by atomic mass is 35.5. The second-order valence-corrected chi connectivity index (χ2v) is 3.49. The number of aliphatic carboxylic acids is 1.